The Labute approximate surface area is 182 Å². The molecule has 4 rings (SSSR count). The molecule has 32 heavy (non-hydrogen) atoms. The molecule has 1 atom stereocenters. The highest BCUT2D eigenvalue weighted by atomic mass is 16.5. The lowest BCUT2D eigenvalue weighted by Gasteiger charge is -2.33. The summed E-state index contributed by atoms with van der Waals surface area (Å²) in [6, 6.07) is 2.80. The highest BCUT2D eigenvalue weighted by Gasteiger charge is 2.28. The van der Waals surface area contributed by atoms with E-state index in [4.69, 9.17) is 9.84 Å². The number of aromatic nitrogens is 8. The van der Waals surface area contributed by atoms with Crippen molar-refractivity contribution in [2.24, 2.45) is 0 Å². The van der Waals surface area contributed by atoms with E-state index in [9.17, 15) is 9.59 Å². The van der Waals surface area contributed by atoms with Crippen LogP contribution < -0.4 is 10.1 Å². The Bertz CT molecular complexity index is 1040. The number of piperidine rings is 1. The van der Waals surface area contributed by atoms with E-state index in [1.807, 2.05) is 0 Å². The second-order valence-electron chi connectivity index (χ2n) is 7.28. The van der Waals surface area contributed by atoms with Gasteiger partial charge in [0.15, 0.2) is 5.82 Å². The summed E-state index contributed by atoms with van der Waals surface area (Å²) in [5, 5.41) is 30.7. The number of rotatable bonds is 7. The van der Waals surface area contributed by atoms with Crippen LogP contribution >= 0.6 is 0 Å². The van der Waals surface area contributed by atoms with Gasteiger partial charge < -0.3 is 20.1 Å². The van der Waals surface area contributed by atoms with Gasteiger partial charge in [0.25, 0.3) is 0 Å². The summed E-state index contributed by atoms with van der Waals surface area (Å²) in [5.74, 6) is 0.923. The summed E-state index contributed by atoms with van der Waals surface area (Å²) in [7, 11) is 0. The average Bonchev–Trinajstić information content (AvgIpc) is 3.50. The van der Waals surface area contributed by atoms with E-state index in [2.05, 4.69) is 36.0 Å². The first-order valence-electron chi connectivity index (χ1n) is 10.0. The number of hydrogen-bond acceptors (Lipinski definition) is 9. The monoisotopic (exact) mass is 442 g/mol. The molecule has 0 aliphatic carbocycles. The van der Waals surface area contributed by atoms with Gasteiger partial charge in [0.05, 0.1) is 18.4 Å². The Hall–Kier alpha value is -4.10. The second-order valence-corrected chi connectivity index (χ2v) is 7.28. The summed E-state index contributed by atoms with van der Waals surface area (Å²) < 4.78 is 7.17. The third kappa shape index (κ3) is 4.96. The third-order valence-corrected chi connectivity index (χ3v) is 5.06. The number of amides is 2. The number of carbonyl (C=O) groups excluding carboxylic acids is 1. The lowest BCUT2D eigenvalue weighted by molar-refractivity contribution is -0.134. The molecule has 4 heterocycles. The number of ether oxygens (including phenoxy) is 1. The molecule has 2 N–H and O–H groups in total. The second kappa shape index (κ2) is 9.36. The molecule has 0 spiro atoms. The molecule has 0 radical (unpaired) electrons. The van der Waals surface area contributed by atoms with Gasteiger partial charge >= 0.3 is 6.09 Å². The van der Waals surface area contributed by atoms with Crippen LogP contribution in [0.15, 0.2) is 30.9 Å². The minimum Gasteiger partial charge on any atom is -0.486 e. The fraction of sp³-hybridized carbons (Fsp3) is 0.444. The van der Waals surface area contributed by atoms with Gasteiger partial charge in [-0.3, -0.25) is 4.79 Å². The average molecular weight is 442 g/mol. The molecule has 1 aliphatic heterocycles. The SMILES string of the molecule is C[C@H](NC(=O)O)C(=O)N1CCC(n2ncc(COc3ccc(-n4cnnn4)nc3)n2)CC1. The first-order valence-corrected chi connectivity index (χ1v) is 10.0. The van der Waals surface area contributed by atoms with Crippen LogP contribution in [0.4, 0.5) is 4.79 Å². The van der Waals surface area contributed by atoms with Crippen LogP contribution in [-0.2, 0) is 11.4 Å². The molecule has 1 saturated heterocycles. The first kappa shape index (κ1) is 21.1. The van der Waals surface area contributed by atoms with E-state index in [0.29, 0.717) is 43.2 Å². The van der Waals surface area contributed by atoms with Crippen LogP contribution in [0.1, 0.15) is 31.5 Å². The first-order chi connectivity index (χ1) is 15.5. The zero-order valence-corrected chi connectivity index (χ0v) is 17.3. The van der Waals surface area contributed by atoms with E-state index < -0.39 is 12.1 Å². The molecule has 3 aromatic heterocycles. The maximum absolute atomic E-state index is 12.3. The smallest absolute Gasteiger partial charge is 0.405 e. The Balaban J connectivity index is 1.26. The number of nitrogens with zero attached hydrogens (tertiary/aromatic N) is 9. The van der Waals surface area contributed by atoms with Crippen molar-refractivity contribution in [1.29, 1.82) is 0 Å². The normalized spacial score (nSPS) is 15.3. The molecule has 0 unspecified atom stereocenters. The van der Waals surface area contributed by atoms with Crippen LogP contribution in [0.3, 0.4) is 0 Å². The van der Waals surface area contributed by atoms with Gasteiger partial charge in [-0.25, -0.2) is 9.78 Å². The topological polar surface area (TPSA) is 166 Å². The zero-order chi connectivity index (χ0) is 22.5. The van der Waals surface area contributed by atoms with Crippen LogP contribution in [0.2, 0.25) is 0 Å². The van der Waals surface area contributed by atoms with E-state index >= 15 is 0 Å². The van der Waals surface area contributed by atoms with Gasteiger partial charge in [-0.2, -0.15) is 19.7 Å². The Morgan fingerprint density at radius 2 is 2.09 bits per heavy atom. The van der Waals surface area contributed by atoms with E-state index in [1.54, 1.807) is 41.1 Å². The predicted octanol–water partition coefficient (Wildman–Crippen LogP) is 0.0474. The highest BCUT2D eigenvalue weighted by Crippen LogP contribution is 2.22. The lowest BCUT2D eigenvalue weighted by Crippen LogP contribution is -2.49. The number of nitrogens with one attached hydrogen (secondary N) is 1. The molecule has 2 amide bonds. The Morgan fingerprint density at radius 3 is 2.75 bits per heavy atom. The molecule has 0 aromatic carbocycles. The molecule has 1 fully saturated rings. The quantitative estimate of drug-likeness (QED) is 0.510. The fourth-order valence-electron chi connectivity index (χ4n) is 3.41. The number of carbonyl (C=O) groups is 2. The van der Waals surface area contributed by atoms with Crippen LogP contribution in [-0.4, -0.2) is 81.3 Å². The predicted molar refractivity (Wildman–Crippen MR) is 107 cm³/mol. The van der Waals surface area contributed by atoms with Gasteiger partial charge in [-0.15, -0.1) is 5.10 Å². The lowest BCUT2D eigenvalue weighted by atomic mass is 10.0. The van der Waals surface area contributed by atoms with Crippen LogP contribution in [0, 0.1) is 0 Å². The van der Waals surface area contributed by atoms with Crippen LogP contribution in [0.25, 0.3) is 5.82 Å². The maximum Gasteiger partial charge on any atom is 0.405 e. The molecular weight excluding hydrogens is 420 g/mol. The van der Waals surface area contributed by atoms with Crippen LogP contribution in [0.5, 0.6) is 5.75 Å². The van der Waals surface area contributed by atoms with Gasteiger partial charge in [0.2, 0.25) is 5.91 Å². The van der Waals surface area contributed by atoms with Crippen molar-refractivity contribution in [2.45, 2.75) is 38.5 Å². The molecule has 168 valence electrons. The number of pyridine rings is 1. The van der Waals surface area contributed by atoms with Crippen molar-refractivity contribution >= 4 is 12.0 Å². The largest absolute Gasteiger partial charge is 0.486 e. The number of likely N-dealkylation sites (tertiary alicyclic amines) is 1. The molecule has 0 saturated carbocycles. The highest BCUT2D eigenvalue weighted by molar-refractivity contribution is 5.84. The third-order valence-electron chi connectivity index (χ3n) is 5.06. The summed E-state index contributed by atoms with van der Waals surface area (Å²) in [6.07, 6.45) is 4.84. The number of hydrogen-bond donors (Lipinski definition) is 2. The van der Waals surface area contributed by atoms with Gasteiger partial charge in [0.1, 0.15) is 30.4 Å². The number of carboxylic acid groups (broad SMARTS) is 1. The summed E-state index contributed by atoms with van der Waals surface area (Å²) in [6.45, 7) is 2.81. The molecular formula is C18H22N10O4. The Morgan fingerprint density at radius 1 is 1.28 bits per heavy atom. The molecule has 0 bridgehead atoms. The Kier molecular flexibility index (Phi) is 6.19. The van der Waals surface area contributed by atoms with Crippen molar-refractivity contribution in [3.8, 4) is 11.6 Å². The summed E-state index contributed by atoms with van der Waals surface area (Å²) in [5.41, 5.74) is 0.673. The van der Waals surface area contributed by atoms with Crippen molar-refractivity contribution in [1.82, 2.24) is 50.4 Å². The van der Waals surface area contributed by atoms with E-state index in [0.717, 1.165) is 0 Å². The summed E-state index contributed by atoms with van der Waals surface area (Å²) in [4.78, 5) is 30.6. The van der Waals surface area contributed by atoms with Gasteiger partial charge in [-0.05, 0) is 42.3 Å². The molecule has 1 aliphatic rings. The molecule has 14 heteroatoms. The van der Waals surface area contributed by atoms with Crippen molar-refractivity contribution in [3.05, 3.63) is 36.5 Å². The van der Waals surface area contributed by atoms with Crippen molar-refractivity contribution in [3.63, 3.8) is 0 Å². The molecule has 14 nitrogen and oxygen atoms in total. The molecule has 3 aromatic rings. The van der Waals surface area contributed by atoms with E-state index in [-0.39, 0.29) is 18.6 Å². The fourth-order valence-corrected chi connectivity index (χ4v) is 3.41. The van der Waals surface area contributed by atoms with Crippen molar-refractivity contribution < 1.29 is 19.4 Å². The zero-order valence-electron chi connectivity index (χ0n) is 17.3. The standard InChI is InChI=1S/C18H22N10O4/c1-12(22-18(30)31)17(29)26-6-4-14(5-7-26)28-21-8-13(23-28)10-32-15-2-3-16(19-9-15)27-11-20-24-25-27/h2-3,8-9,11-12,14,22H,4-7,10H2,1H3,(H,30,31)/t12-/m0/s1. The maximum atomic E-state index is 12.3. The van der Waals surface area contributed by atoms with Gasteiger partial charge in [-0.1, -0.05) is 0 Å². The van der Waals surface area contributed by atoms with E-state index in [1.165, 1.54) is 11.0 Å². The minimum atomic E-state index is -1.21. The minimum absolute atomic E-state index is 0.0628. The number of tetrazole rings is 1. The summed E-state index contributed by atoms with van der Waals surface area (Å²) >= 11 is 0. The van der Waals surface area contributed by atoms with Gasteiger partial charge in [0, 0.05) is 13.1 Å². The van der Waals surface area contributed by atoms with Crippen molar-refractivity contribution in [2.75, 3.05) is 13.1 Å².